The van der Waals surface area contributed by atoms with E-state index in [-0.39, 0.29) is 0 Å². The van der Waals surface area contributed by atoms with Crippen molar-refractivity contribution < 1.29 is 0 Å². The van der Waals surface area contributed by atoms with Gasteiger partial charge in [0, 0.05) is 4.83 Å². The normalized spacial score (nSPS) is 34.9. The molecular formula is C14H17Br. The van der Waals surface area contributed by atoms with E-state index in [1.54, 1.807) is 0 Å². The second-order valence-electron chi connectivity index (χ2n) is 5.15. The fourth-order valence-electron chi connectivity index (χ4n) is 3.28. The summed E-state index contributed by atoms with van der Waals surface area (Å²) in [7, 11) is 0. The zero-order valence-corrected chi connectivity index (χ0v) is 10.7. The largest absolute Gasteiger partial charge is 0.0836 e. The van der Waals surface area contributed by atoms with E-state index >= 15 is 0 Å². The van der Waals surface area contributed by atoms with Crippen LogP contribution in [0.1, 0.15) is 35.2 Å². The van der Waals surface area contributed by atoms with Crippen LogP contribution >= 0.6 is 15.9 Å². The van der Waals surface area contributed by atoms with Crippen molar-refractivity contribution >= 4 is 15.9 Å². The van der Waals surface area contributed by atoms with Crippen molar-refractivity contribution in [1.29, 1.82) is 0 Å². The van der Waals surface area contributed by atoms with Crippen LogP contribution in [0.25, 0.3) is 0 Å². The highest BCUT2D eigenvalue weighted by Crippen LogP contribution is 2.64. The molecule has 0 N–H and O–H groups in total. The van der Waals surface area contributed by atoms with Gasteiger partial charge in [0.1, 0.15) is 0 Å². The molecule has 15 heavy (non-hydrogen) atoms. The number of hydrogen-bond acceptors (Lipinski definition) is 0. The Morgan fingerprint density at radius 2 is 1.73 bits per heavy atom. The van der Waals surface area contributed by atoms with Gasteiger partial charge in [0.15, 0.2) is 0 Å². The third-order valence-corrected chi connectivity index (χ3v) is 5.35. The molecule has 0 aromatic heterocycles. The highest BCUT2D eigenvalue weighted by Gasteiger charge is 2.55. The molecule has 0 nitrogen and oxygen atoms in total. The molecule has 0 saturated heterocycles. The van der Waals surface area contributed by atoms with Gasteiger partial charge in [-0.25, -0.2) is 0 Å². The van der Waals surface area contributed by atoms with Crippen LogP contribution < -0.4 is 0 Å². The fourth-order valence-corrected chi connectivity index (χ4v) is 4.37. The molecule has 1 heteroatoms. The predicted molar refractivity (Wildman–Crippen MR) is 67.2 cm³/mol. The minimum atomic E-state index is 0.605. The van der Waals surface area contributed by atoms with E-state index in [1.807, 2.05) is 0 Å². The zero-order valence-electron chi connectivity index (χ0n) is 9.12. The Kier molecular flexibility index (Phi) is 2.39. The lowest BCUT2D eigenvalue weighted by atomic mass is 10.0. The Balaban J connectivity index is 1.75. The summed E-state index contributed by atoms with van der Waals surface area (Å²) in [5.41, 5.74) is 2.83. The van der Waals surface area contributed by atoms with Crippen molar-refractivity contribution in [3.05, 3.63) is 35.4 Å². The van der Waals surface area contributed by atoms with E-state index in [0.717, 1.165) is 17.8 Å². The molecule has 3 atom stereocenters. The lowest BCUT2D eigenvalue weighted by Gasteiger charge is -2.12. The average Bonchev–Trinajstić information content (AvgIpc) is 2.72. The number of benzene rings is 1. The van der Waals surface area contributed by atoms with Gasteiger partial charge in [0.25, 0.3) is 0 Å². The van der Waals surface area contributed by atoms with Crippen LogP contribution in [-0.2, 0) is 0 Å². The van der Waals surface area contributed by atoms with Gasteiger partial charge in [-0.05, 0) is 43.1 Å². The quantitative estimate of drug-likeness (QED) is 0.692. The third-order valence-electron chi connectivity index (χ3n) is 4.21. The molecule has 3 unspecified atom stereocenters. The smallest absolute Gasteiger partial charge is 0.0429 e. The Hall–Kier alpha value is -0.300. The molecule has 2 fully saturated rings. The van der Waals surface area contributed by atoms with E-state index in [4.69, 9.17) is 0 Å². The minimum absolute atomic E-state index is 0.605. The maximum absolute atomic E-state index is 3.89. The maximum Gasteiger partial charge on any atom is 0.0429 e. The first-order valence-electron chi connectivity index (χ1n) is 5.98. The monoisotopic (exact) mass is 264 g/mol. The zero-order chi connectivity index (χ0) is 10.4. The molecule has 0 heterocycles. The van der Waals surface area contributed by atoms with Crippen LogP contribution in [0.3, 0.4) is 0 Å². The van der Waals surface area contributed by atoms with Gasteiger partial charge in [-0.3, -0.25) is 0 Å². The van der Waals surface area contributed by atoms with Crippen LogP contribution in [0.4, 0.5) is 0 Å². The van der Waals surface area contributed by atoms with Crippen molar-refractivity contribution in [3.8, 4) is 0 Å². The number of halogens is 1. The summed E-state index contributed by atoms with van der Waals surface area (Å²) in [6, 6.07) is 9.01. The summed E-state index contributed by atoms with van der Waals surface area (Å²) in [5, 5.41) is 0. The number of fused-ring (bicyclic) bond motifs is 1. The van der Waals surface area contributed by atoms with Crippen molar-refractivity contribution in [2.24, 2.45) is 17.8 Å². The molecule has 1 aromatic rings. The Bertz CT molecular complexity index is 344. The molecule has 0 radical (unpaired) electrons. The van der Waals surface area contributed by atoms with Crippen molar-refractivity contribution in [2.45, 2.75) is 31.0 Å². The first kappa shape index (κ1) is 9.89. The van der Waals surface area contributed by atoms with Gasteiger partial charge in [-0.1, -0.05) is 52.2 Å². The van der Waals surface area contributed by atoms with Crippen molar-refractivity contribution in [1.82, 2.24) is 0 Å². The molecule has 2 saturated carbocycles. The summed E-state index contributed by atoms with van der Waals surface area (Å²) in [6.45, 7) is 2.15. The third kappa shape index (κ3) is 1.65. The first-order valence-corrected chi connectivity index (χ1v) is 6.89. The van der Waals surface area contributed by atoms with Gasteiger partial charge >= 0.3 is 0 Å². The second kappa shape index (κ2) is 3.62. The highest BCUT2D eigenvalue weighted by atomic mass is 79.9. The summed E-state index contributed by atoms with van der Waals surface area (Å²) in [5.74, 6) is 3.01. The maximum atomic E-state index is 3.89. The highest BCUT2D eigenvalue weighted by molar-refractivity contribution is 9.09. The summed E-state index contributed by atoms with van der Waals surface area (Å²) in [6.07, 6.45) is 4.42. The van der Waals surface area contributed by atoms with E-state index in [1.165, 1.54) is 30.4 Å². The van der Waals surface area contributed by atoms with Crippen LogP contribution in [0.2, 0.25) is 0 Å². The second-order valence-corrected chi connectivity index (χ2v) is 6.13. The standard InChI is InChI=1S/C14H17Br/c1-9-5-7-10(8-6-9)14(15)13-11-3-2-4-12(11)13/h5-8,11-14H,2-4H2,1H3. The van der Waals surface area contributed by atoms with Gasteiger partial charge in [-0.2, -0.15) is 0 Å². The Morgan fingerprint density at radius 3 is 2.33 bits per heavy atom. The van der Waals surface area contributed by atoms with E-state index in [0.29, 0.717) is 4.83 Å². The molecule has 2 aliphatic carbocycles. The van der Waals surface area contributed by atoms with Gasteiger partial charge in [0.2, 0.25) is 0 Å². The van der Waals surface area contributed by atoms with Gasteiger partial charge in [-0.15, -0.1) is 0 Å². The number of hydrogen-bond donors (Lipinski definition) is 0. The van der Waals surface area contributed by atoms with Crippen LogP contribution in [0.5, 0.6) is 0 Å². The van der Waals surface area contributed by atoms with Crippen LogP contribution in [0, 0.1) is 24.7 Å². The molecule has 0 aliphatic heterocycles. The number of aryl methyl sites for hydroxylation is 1. The van der Waals surface area contributed by atoms with Gasteiger partial charge in [0.05, 0.1) is 0 Å². The number of alkyl halides is 1. The first-order chi connectivity index (χ1) is 7.27. The molecule has 80 valence electrons. The SMILES string of the molecule is Cc1ccc(C(Br)C2C3CCCC32)cc1. The molecule has 1 aromatic carbocycles. The lowest BCUT2D eigenvalue weighted by molar-refractivity contribution is 0.583. The summed E-state index contributed by atoms with van der Waals surface area (Å²) >= 11 is 3.89. The predicted octanol–water partition coefficient (Wildman–Crippen LogP) is 4.48. The Labute approximate surface area is 100 Å². The molecular weight excluding hydrogens is 248 g/mol. The lowest BCUT2D eigenvalue weighted by Crippen LogP contribution is -1.97. The van der Waals surface area contributed by atoms with Crippen molar-refractivity contribution in [2.75, 3.05) is 0 Å². The summed E-state index contributed by atoms with van der Waals surface area (Å²) < 4.78 is 0. The molecule has 3 rings (SSSR count). The number of rotatable bonds is 2. The van der Waals surface area contributed by atoms with E-state index < -0.39 is 0 Å². The van der Waals surface area contributed by atoms with Crippen LogP contribution in [-0.4, -0.2) is 0 Å². The molecule has 0 amide bonds. The minimum Gasteiger partial charge on any atom is -0.0836 e. The van der Waals surface area contributed by atoms with E-state index in [2.05, 4.69) is 47.1 Å². The topological polar surface area (TPSA) is 0 Å². The van der Waals surface area contributed by atoms with Gasteiger partial charge < -0.3 is 0 Å². The fraction of sp³-hybridized carbons (Fsp3) is 0.571. The van der Waals surface area contributed by atoms with Crippen molar-refractivity contribution in [3.63, 3.8) is 0 Å². The molecule has 0 spiro atoms. The Morgan fingerprint density at radius 1 is 1.13 bits per heavy atom. The molecule has 2 aliphatic rings. The van der Waals surface area contributed by atoms with Crippen LogP contribution in [0.15, 0.2) is 24.3 Å². The summed E-state index contributed by atoms with van der Waals surface area (Å²) in [4.78, 5) is 0.605. The van der Waals surface area contributed by atoms with E-state index in [9.17, 15) is 0 Å². The average molecular weight is 265 g/mol. The molecule has 0 bridgehead atoms.